The van der Waals surface area contributed by atoms with Gasteiger partial charge in [0.1, 0.15) is 0 Å². The lowest BCUT2D eigenvalue weighted by Crippen LogP contribution is -2.40. The van der Waals surface area contributed by atoms with E-state index in [-0.39, 0.29) is 17.7 Å². The number of carbonyl (C=O) groups excluding carboxylic acids is 1. The molecule has 0 saturated heterocycles. The SMILES string of the molecule is CC1/C=C\C=C/CN(c2ccccc2)C2/C=C/C(=O)c3ccccc3N/C=C/C2C1. The Kier molecular flexibility index (Phi) is 6.29. The van der Waals surface area contributed by atoms with E-state index in [1.165, 1.54) is 0 Å². The molecule has 0 saturated carbocycles. The van der Waals surface area contributed by atoms with Gasteiger partial charge in [-0.05, 0) is 48.9 Å². The van der Waals surface area contributed by atoms with Crippen LogP contribution in [0.25, 0.3) is 0 Å². The van der Waals surface area contributed by atoms with Gasteiger partial charge in [-0.3, -0.25) is 4.79 Å². The van der Waals surface area contributed by atoms with Crippen LogP contribution in [0.5, 0.6) is 0 Å². The van der Waals surface area contributed by atoms with Crippen LogP contribution in [0.15, 0.2) is 103 Å². The normalized spacial score (nSPS) is 28.2. The molecule has 2 aromatic carbocycles. The van der Waals surface area contributed by atoms with Crippen molar-refractivity contribution in [2.24, 2.45) is 11.8 Å². The maximum Gasteiger partial charge on any atom is 0.187 e. The van der Waals surface area contributed by atoms with Crippen molar-refractivity contribution >= 4 is 17.2 Å². The highest BCUT2D eigenvalue weighted by molar-refractivity contribution is 6.08. The van der Waals surface area contributed by atoms with Gasteiger partial charge in [-0.25, -0.2) is 0 Å². The fraction of sp³-hybridized carbons (Fsp3) is 0.222. The molecule has 0 amide bonds. The molecule has 2 aliphatic heterocycles. The van der Waals surface area contributed by atoms with E-state index in [2.05, 4.69) is 77.9 Å². The molecule has 0 bridgehead atoms. The molecule has 2 aliphatic rings. The highest BCUT2D eigenvalue weighted by Crippen LogP contribution is 2.29. The zero-order valence-electron chi connectivity index (χ0n) is 17.3. The van der Waals surface area contributed by atoms with Crippen molar-refractivity contribution in [3.05, 3.63) is 109 Å². The van der Waals surface area contributed by atoms with Crippen molar-refractivity contribution in [2.75, 3.05) is 16.8 Å². The summed E-state index contributed by atoms with van der Waals surface area (Å²) >= 11 is 0. The molecular formula is C27H28N2O. The average molecular weight is 397 g/mol. The highest BCUT2D eigenvalue weighted by atomic mass is 16.1. The van der Waals surface area contributed by atoms with Crippen LogP contribution in [0.2, 0.25) is 0 Å². The number of nitrogens with zero attached hydrogens (tertiary/aromatic N) is 1. The summed E-state index contributed by atoms with van der Waals surface area (Å²) in [6, 6.07) is 18.2. The van der Waals surface area contributed by atoms with Gasteiger partial charge in [0.25, 0.3) is 0 Å². The van der Waals surface area contributed by atoms with E-state index in [0.29, 0.717) is 11.5 Å². The summed E-state index contributed by atoms with van der Waals surface area (Å²) < 4.78 is 0. The lowest BCUT2D eigenvalue weighted by Gasteiger charge is -2.37. The van der Waals surface area contributed by atoms with Crippen LogP contribution in [0.1, 0.15) is 23.7 Å². The minimum absolute atomic E-state index is 0.0285. The monoisotopic (exact) mass is 396 g/mol. The van der Waals surface area contributed by atoms with E-state index in [1.54, 1.807) is 6.08 Å². The molecule has 0 fully saturated rings. The maximum absolute atomic E-state index is 13.0. The van der Waals surface area contributed by atoms with Crippen LogP contribution in [0.4, 0.5) is 11.4 Å². The molecule has 4 rings (SSSR count). The third-order valence-corrected chi connectivity index (χ3v) is 5.74. The van der Waals surface area contributed by atoms with Gasteiger partial charge in [-0.2, -0.15) is 0 Å². The molecule has 0 aliphatic carbocycles. The molecule has 2 aromatic rings. The first-order chi connectivity index (χ1) is 14.7. The molecule has 3 nitrogen and oxygen atoms in total. The number of allylic oxidation sites excluding steroid dienone is 4. The summed E-state index contributed by atoms with van der Waals surface area (Å²) in [7, 11) is 0. The summed E-state index contributed by atoms with van der Waals surface area (Å²) in [4.78, 5) is 15.4. The quantitative estimate of drug-likeness (QED) is 0.641. The lowest BCUT2D eigenvalue weighted by atomic mass is 9.86. The van der Waals surface area contributed by atoms with Crippen molar-refractivity contribution in [1.29, 1.82) is 0 Å². The molecule has 2 heterocycles. The van der Waals surface area contributed by atoms with Crippen molar-refractivity contribution in [2.45, 2.75) is 19.4 Å². The molecule has 0 aromatic heterocycles. The zero-order valence-corrected chi connectivity index (χ0v) is 17.3. The Morgan fingerprint density at radius 1 is 0.933 bits per heavy atom. The van der Waals surface area contributed by atoms with Gasteiger partial charge in [0.05, 0.1) is 6.04 Å². The van der Waals surface area contributed by atoms with E-state index < -0.39 is 0 Å². The Morgan fingerprint density at radius 3 is 2.60 bits per heavy atom. The lowest BCUT2D eigenvalue weighted by molar-refractivity contribution is 0.104. The van der Waals surface area contributed by atoms with Crippen LogP contribution < -0.4 is 10.2 Å². The number of rotatable bonds is 1. The summed E-state index contributed by atoms with van der Waals surface area (Å²) in [5.74, 6) is 0.709. The topological polar surface area (TPSA) is 32.3 Å². The van der Waals surface area contributed by atoms with Crippen LogP contribution >= 0.6 is 0 Å². The summed E-state index contributed by atoms with van der Waals surface area (Å²) in [6.45, 7) is 3.03. The Labute approximate surface area is 179 Å². The summed E-state index contributed by atoms with van der Waals surface area (Å²) in [6.07, 6.45) is 17.8. The minimum Gasteiger partial charge on any atom is -0.361 e. The predicted octanol–water partition coefficient (Wildman–Crippen LogP) is 6.01. The largest absolute Gasteiger partial charge is 0.361 e. The number of ketones is 1. The fourth-order valence-corrected chi connectivity index (χ4v) is 4.20. The number of carbonyl (C=O) groups is 1. The number of hydrogen-bond acceptors (Lipinski definition) is 3. The predicted molar refractivity (Wildman–Crippen MR) is 126 cm³/mol. The molecular weight excluding hydrogens is 368 g/mol. The standard InChI is InChI=1S/C27H28N2O/c1-21-10-4-3-9-19-29(23-11-5-2-6-12-23)26-15-16-27(30)24-13-7-8-14-25(24)28-18-17-22(26)20-21/h2-18,21-22,26,28H,19-20H2,1H3/b9-3-,10-4-,16-15+,18-17+. The van der Waals surface area contributed by atoms with Gasteiger partial charge in [0.15, 0.2) is 5.78 Å². The van der Waals surface area contributed by atoms with E-state index in [9.17, 15) is 4.79 Å². The van der Waals surface area contributed by atoms with E-state index >= 15 is 0 Å². The van der Waals surface area contributed by atoms with Crippen LogP contribution in [-0.2, 0) is 0 Å². The van der Waals surface area contributed by atoms with Crippen molar-refractivity contribution in [1.82, 2.24) is 0 Å². The summed E-state index contributed by atoms with van der Waals surface area (Å²) in [5, 5.41) is 3.34. The van der Waals surface area contributed by atoms with E-state index in [4.69, 9.17) is 0 Å². The van der Waals surface area contributed by atoms with Gasteiger partial charge in [-0.1, -0.05) is 73.7 Å². The molecule has 3 heteroatoms. The fourth-order valence-electron chi connectivity index (χ4n) is 4.20. The molecule has 0 radical (unpaired) electrons. The van der Waals surface area contributed by atoms with Crippen LogP contribution in [0.3, 0.4) is 0 Å². The number of hydrogen-bond donors (Lipinski definition) is 1. The smallest absolute Gasteiger partial charge is 0.187 e. The van der Waals surface area contributed by atoms with Crippen LogP contribution in [0, 0.1) is 11.8 Å². The van der Waals surface area contributed by atoms with Gasteiger partial charge in [0.2, 0.25) is 0 Å². The van der Waals surface area contributed by atoms with Gasteiger partial charge >= 0.3 is 0 Å². The molecule has 0 spiro atoms. The van der Waals surface area contributed by atoms with Crippen molar-refractivity contribution in [3.8, 4) is 0 Å². The van der Waals surface area contributed by atoms with Gasteiger partial charge in [-0.15, -0.1) is 0 Å². The first-order valence-corrected chi connectivity index (χ1v) is 10.6. The molecule has 152 valence electrons. The Hall–Kier alpha value is -3.33. The Balaban J connectivity index is 1.79. The van der Waals surface area contributed by atoms with Gasteiger partial charge in [0, 0.05) is 29.4 Å². The molecule has 3 unspecified atom stereocenters. The number of anilines is 2. The maximum atomic E-state index is 13.0. The second-order valence-electron chi connectivity index (χ2n) is 7.94. The number of fused-ring (bicyclic) bond motifs is 2. The molecule has 1 N–H and O–H groups in total. The average Bonchev–Trinajstić information content (AvgIpc) is 2.77. The second kappa shape index (κ2) is 9.45. The second-order valence-corrected chi connectivity index (χ2v) is 7.94. The Morgan fingerprint density at radius 2 is 1.73 bits per heavy atom. The Bertz CT molecular complexity index is 987. The molecule has 30 heavy (non-hydrogen) atoms. The van der Waals surface area contributed by atoms with E-state index in [0.717, 1.165) is 24.3 Å². The molecule has 3 atom stereocenters. The van der Waals surface area contributed by atoms with Gasteiger partial charge < -0.3 is 10.2 Å². The first kappa shape index (κ1) is 20.0. The third kappa shape index (κ3) is 4.62. The van der Waals surface area contributed by atoms with Crippen LogP contribution in [-0.4, -0.2) is 18.4 Å². The minimum atomic E-state index is 0.0285. The van der Waals surface area contributed by atoms with E-state index in [1.807, 2.05) is 36.5 Å². The summed E-state index contributed by atoms with van der Waals surface area (Å²) in [5.41, 5.74) is 2.70. The number of benzene rings is 2. The number of nitrogens with one attached hydrogen (secondary N) is 1. The first-order valence-electron chi connectivity index (χ1n) is 10.6. The number of para-hydroxylation sites is 2. The van der Waals surface area contributed by atoms with Crippen molar-refractivity contribution in [3.63, 3.8) is 0 Å². The highest BCUT2D eigenvalue weighted by Gasteiger charge is 2.26. The third-order valence-electron chi connectivity index (χ3n) is 5.74. The van der Waals surface area contributed by atoms with Crippen molar-refractivity contribution < 1.29 is 4.79 Å². The zero-order chi connectivity index (χ0) is 20.8.